The highest BCUT2D eigenvalue weighted by Crippen LogP contribution is 2.25. The molecule has 0 unspecified atom stereocenters. The molecule has 0 bridgehead atoms. The molecule has 0 atom stereocenters. The van der Waals surface area contributed by atoms with E-state index in [-0.39, 0.29) is 5.60 Å². The van der Waals surface area contributed by atoms with Gasteiger partial charge in [-0.05, 0) is 20.8 Å². The summed E-state index contributed by atoms with van der Waals surface area (Å²) in [5.74, 6) is 0.965. The lowest BCUT2D eigenvalue weighted by molar-refractivity contribution is 0.115. The molecule has 1 aromatic heterocycles. The Morgan fingerprint density at radius 2 is 2.06 bits per heavy atom. The highest BCUT2D eigenvalue weighted by Gasteiger charge is 2.24. The Labute approximate surface area is 98.2 Å². The molecule has 90 valence electrons. The van der Waals surface area contributed by atoms with E-state index in [1.807, 2.05) is 33.0 Å². The molecule has 3 heteroatoms. The zero-order valence-corrected chi connectivity index (χ0v) is 10.9. The largest absolute Gasteiger partial charge is 0.486 e. The van der Waals surface area contributed by atoms with E-state index in [0.29, 0.717) is 0 Å². The van der Waals surface area contributed by atoms with Crippen molar-refractivity contribution in [3.05, 3.63) is 23.5 Å². The highest BCUT2D eigenvalue weighted by molar-refractivity contribution is 5.34. The summed E-state index contributed by atoms with van der Waals surface area (Å²) in [7, 11) is 0. The quantitative estimate of drug-likeness (QED) is 0.733. The zero-order chi connectivity index (χ0) is 12.2. The van der Waals surface area contributed by atoms with Gasteiger partial charge in [0.2, 0.25) is 0 Å². The summed E-state index contributed by atoms with van der Waals surface area (Å²) in [6.45, 7) is 11.9. The van der Waals surface area contributed by atoms with E-state index in [4.69, 9.17) is 4.74 Å². The lowest BCUT2D eigenvalue weighted by Crippen LogP contribution is -2.37. The van der Waals surface area contributed by atoms with E-state index in [9.17, 15) is 0 Å². The van der Waals surface area contributed by atoms with Crippen molar-refractivity contribution in [2.45, 2.75) is 46.8 Å². The van der Waals surface area contributed by atoms with Crippen LogP contribution in [0.15, 0.2) is 12.3 Å². The maximum atomic E-state index is 5.92. The zero-order valence-electron chi connectivity index (χ0n) is 10.9. The summed E-state index contributed by atoms with van der Waals surface area (Å²) >= 11 is 0. The average Bonchev–Trinajstić information content (AvgIpc) is 2.37. The highest BCUT2D eigenvalue weighted by atomic mass is 16.5. The molecule has 2 rings (SSSR count). The van der Waals surface area contributed by atoms with E-state index in [0.717, 1.165) is 30.1 Å². The topological polar surface area (TPSA) is 34.2 Å². The van der Waals surface area contributed by atoms with Gasteiger partial charge in [0, 0.05) is 36.6 Å². The van der Waals surface area contributed by atoms with Gasteiger partial charge in [0.25, 0.3) is 0 Å². The van der Waals surface area contributed by atoms with Gasteiger partial charge in [0.15, 0.2) is 0 Å². The fraction of sp³-hybridized carbons (Fsp3) is 0.615. The van der Waals surface area contributed by atoms with Crippen LogP contribution in [0, 0.1) is 6.92 Å². The number of rotatable bonds is 0. The van der Waals surface area contributed by atoms with Gasteiger partial charge < -0.3 is 10.1 Å². The molecule has 0 saturated carbocycles. The molecule has 0 spiro atoms. The SMILES string of the molecule is CC.Cc1cc2c(cn1)CNCC(C)(C)O2. The Morgan fingerprint density at radius 3 is 2.75 bits per heavy atom. The fourth-order valence-corrected chi connectivity index (χ4v) is 1.62. The van der Waals surface area contributed by atoms with Crippen LogP contribution in [0.1, 0.15) is 39.0 Å². The first-order valence-electron chi connectivity index (χ1n) is 5.92. The van der Waals surface area contributed by atoms with E-state index >= 15 is 0 Å². The fourth-order valence-electron chi connectivity index (χ4n) is 1.62. The summed E-state index contributed by atoms with van der Waals surface area (Å²) in [4.78, 5) is 4.26. The third kappa shape index (κ3) is 3.20. The summed E-state index contributed by atoms with van der Waals surface area (Å²) in [6.07, 6.45) is 1.89. The van der Waals surface area contributed by atoms with Gasteiger partial charge in [-0.25, -0.2) is 0 Å². The molecule has 0 fully saturated rings. The maximum Gasteiger partial charge on any atom is 0.128 e. The molecule has 0 radical (unpaired) electrons. The lowest BCUT2D eigenvalue weighted by Gasteiger charge is -2.24. The van der Waals surface area contributed by atoms with E-state index < -0.39 is 0 Å². The monoisotopic (exact) mass is 222 g/mol. The number of aromatic nitrogens is 1. The molecule has 16 heavy (non-hydrogen) atoms. The van der Waals surface area contributed by atoms with Crippen LogP contribution >= 0.6 is 0 Å². The molecule has 3 nitrogen and oxygen atoms in total. The number of pyridine rings is 1. The Balaban J connectivity index is 0.000000606. The molecule has 0 saturated heterocycles. The first kappa shape index (κ1) is 13.0. The number of nitrogens with one attached hydrogen (secondary N) is 1. The van der Waals surface area contributed by atoms with Gasteiger partial charge in [-0.2, -0.15) is 0 Å². The van der Waals surface area contributed by atoms with Crippen LogP contribution in [0.4, 0.5) is 0 Å². The number of fused-ring (bicyclic) bond motifs is 1. The van der Waals surface area contributed by atoms with E-state index in [2.05, 4.69) is 24.1 Å². The summed E-state index contributed by atoms with van der Waals surface area (Å²) in [6, 6.07) is 2.00. The number of hydrogen-bond donors (Lipinski definition) is 1. The number of ether oxygens (including phenoxy) is 1. The first-order chi connectivity index (χ1) is 7.57. The predicted octanol–water partition coefficient (Wildman–Crippen LogP) is 2.68. The van der Waals surface area contributed by atoms with Crippen LogP contribution in [0.3, 0.4) is 0 Å². The summed E-state index contributed by atoms with van der Waals surface area (Å²) in [5.41, 5.74) is 2.00. The Kier molecular flexibility index (Phi) is 4.30. The molecule has 1 N–H and O–H groups in total. The predicted molar refractivity (Wildman–Crippen MR) is 66.7 cm³/mol. The summed E-state index contributed by atoms with van der Waals surface area (Å²) < 4.78 is 5.92. The molecule has 2 heterocycles. The minimum Gasteiger partial charge on any atom is -0.486 e. The minimum atomic E-state index is -0.140. The van der Waals surface area contributed by atoms with Crippen molar-refractivity contribution in [1.29, 1.82) is 0 Å². The third-order valence-corrected chi connectivity index (χ3v) is 2.33. The van der Waals surface area contributed by atoms with Crippen LogP contribution in [0.25, 0.3) is 0 Å². The second-order valence-electron chi connectivity index (χ2n) is 4.40. The molecule has 1 aromatic rings. The van der Waals surface area contributed by atoms with Crippen LogP contribution in [-0.4, -0.2) is 17.1 Å². The minimum absolute atomic E-state index is 0.140. The molecular weight excluding hydrogens is 200 g/mol. The van der Waals surface area contributed by atoms with Gasteiger partial charge in [-0.1, -0.05) is 13.8 Å². The Hall–Kier alpha value is -1.09. The smallest absolute Gasteiger partial charge is 0.128 e. The number of hydrogen-bond acceptors (Lipinski definition) is 3. The Morgan fingerprint density at radius 1 is 1.38 bits per heavy atom. The van der Waals surface area contributed by atoms with E-state index in [1.165, 1.54) is 0 Å². The number of aryl methyl sites for hydroxylation is 1. The van der Waals surface area contributed by atoms with E-state index in [1.54, 1.807) is 0 Å². The lowest BCUT2D eigenvalue weighted by atomic mass is 10.1. The van der Waals surface area contributed by atoms with Crippen molar-refractivity contribution >= 4 is 0 Å². The number of nitrogens with zero attached hydrogens (tertiary/aromatic N) is 1. The molecule has 0 aliphatic carbocycles. The van der Waals surface area contributed by atoms with Crippen molar-refractivity contribution in [2.24, 2.45) is 0 Å². The normalized spacial score (nSPS) is 17.3. The van der Waals surface area contributed by atoms with Crippen molar-refractivity contribution in [3.8, 4) is 5.75 Å². The second-order valence-corrected chi connectivity index (χ2v) is 4.40. The van der Waals surface area contributed by atoms with Crippen LogP contribution < -0.4 is 10.1 Å². The Bertz CT molecular complexity index is 348. The van der Waals surface area contributed by atoms with Crippen molar-refractivity contribution in [2.75, 3.05) is 6.54 Å². The molecule has 1 aliphatic heterocycles. The van der Waals surface area contributed by atoms with Crippen molar-refractivity contribution in [3.63, 3.8) is 0 Å². The molecular formula is C13H22N2O. The van der Waals surface area contributed by atoms with Gasteiger partial charge in [-0.15, -0.1) is 0 Å². The van der Waals surface area contributed by atoms with Gasteiger partial charge in [0.05, 0.1) is 0 Å². The van der Waals surface area contributed by atoms with Gasteiger partial charge in [-0.3, -0.25) is 4.98 Å². The average molecular weight is 222 g/mol. The molecule has 0 aromatic carbocycles. The standard InChI is InChI=1S/C11H16N2O.C2H6/c1-8-4-10-9(6-13-8)5-12-7-11(2,3)14-10;1-2/h4,6,12H,5,7H2,1-3H3;1-2H3. The third-order valence-electron chi connectivity index (χ3n) is 2.33. The molecule has 0 amide bonds. The van der Waals surface area contributed by atoms with Gasteiger partial charge >= 0.3 is 0 Å². The summed E-state index contributed by atoms with van der Waals surface area (Å²) in [5, 5.41) is 3.35. The van der Waals surface area contributed by atoms with Crippen molar-refractivity contribution < 1.29 is 4.74 Å². The van der Waals surface area contributed by atoms with Crippen LogP contribution in [0.2, 0.25) is 0 Å². The van der Waals surface area contributed by atoms with Crippen LogP contribution in [-0.2, 0) is 6.54 Å². The van der Waals surface area contributed by atoms with Crippen LogP contribution in [0.5, 0.6) is 5.75 Å². The van der Waals surface area contributed by atoms with Crippen molar-refractivity contribution in [1.82, 2.24) is 10.3 Å². The van der Waals surface area contributed by atoms with Gasteiger partial charge in [0.1, 0.15) is 11.4 Å². The maximum absolute atomic E-state index is 5.92. The molecule has 1 aliphatic rings. The first-order valence-corrected chi connectivity index (χ1v) is 5.92. The second kappa shape index (κ2) is 5.30.